The lowest BCUT2D eigenvalue weighted by molar-refractivity contribution is -0.117. The zero-order chi connectivity index (χ0) is 8.69. The average molecular weight is 159 g/mol. The fourth-order valence-electron chi connectivity index (χ4n) is 1.30. The maximum atomic E-state index is 10.6. The van der Waals surface area contributed by atoms with Crippen LogP contribution in [0.25, 0.3) is 0 Å². The van der Waals surface area contributed by atoms with Crippen molar-refractivity contribution < 1.29 is 6.22 Å². The van der Waals surface area contributed by atoms with Crippen molar-refractivity contribution in [3.05, 3.63) is 0 Å². The van der Waals surface area contributed by atoms with Crippen LogP contribution in [0.3, 0.4) is 0 Å². The zero-order valence-electron chi connectivity index (χ0n) is 7.81. The number of Topliss-reactive ketones (excluding diaryl/α,β-unsaturated/α-hetero) is 1. The Kier molecular flexibility index (Phi) is 6.13. The summed E-state index contributed by atoms with van der Waals surface area (Å²) in [5.74, 6) is 0.950. The minimum absolute atomic E-state index is 0. The summed E-state index contributed by atoms with van der Waals surface area (Å²) in [5.41, 5.74) is 0. The van der Waals surface area contributed by atoms with E-state index in [1.807, 2.05) is 13.8 Å². The molecule has 1 atom stereocenters. The lowest BCUT2D eigenvalue weighted by Crippen LogP contribution is -2.10. The molecule has 0 spiro atoms. The van der Waals surface area contributed by atoms with Gasteiger partial charge in [-0.2, -0.15) is 0 Å². The van der Waals surface area contributed by atoms with E-state index in [-0.39, 0.29) is 1.43 Å². The molecule has 0 bridgehead atoms. The second kappa shape index (κ2) is 6.35. The number of carbonyl (C=O) groups excluding carboxylic acids is 1. The Labute approximate surface area is 70.9 Å². The van der Waals surface area contributed by atoms with Crippen LogP contribution in [0.15, 0.2) is 0 Å². The van der Waals surface area contributed by atoms with Gasteiger partial charge < -0.3 is 10.1 Å². The third-order valence-corrected chi connectivity index (χ3v) is 1.74. The van der Waals surface area contributed by atoms with Crippen molar-refractivity contribution in [1.82, 2.24) is 5.32 Å². The van der Waals surface area contributed by atoms with Gasteiger partial charge in [0.15, 0.2) is 0 Å². The molecular formula is C9H21NO. The van der Waals surface area contributed by atoms with Gasteiger partial charge in [-0.15, -0.1) is 0 Å². The van der Waals surface area contributed by atoms with Gasteiger partial charge in [-0.05, 0) is 32.4 Å². The monoisotopic (exact) mass is 159 g/mol. The molecule has 1 fully saturated rings. The van der Waals surface area contributed by atoms with Crippen molar-refractivity contribution in [2.24, 2.45) is 5.92 Å². The first-order valence-corrected chi connectivity index (χ1v) is 4.49. The summed E-state index contributed by atoms with van der Waals surface area (Å²) in [6.45, 7) is 7.80. The van der Waals surface area contributed by atoms with Crippen LogP contribution < -0.4 is 5.32 Å². The smallest absolute Gasteiger partial charge is 0.130 e. The van der Waals surface area contributed by atoms with Gasteiger partial charge in [-0.25, -0.2) is 0 Å². The summed E-state index contributed by atoms with van der Waals surface area (Å²) >= 11 is 0. The van der Waals surface area contributed by atoms with Gasteiger partial charge in [-0.1, -0.05) is 13.8 Å². The predicted octanol–water partition coefficient (Wildman–Crippen LogP) is 1.85. The quantitative estimate of drug-likeness (QED) is 0.666. The summed E-state index contributed by atoms with van der Waals surface area (Å²) < 4.78 is 0. The first-order valence-electron chi connectivity index (χ1n) is 4.49. The van der Waals surface area contributed by atoms with Crippen molar-refractivity contribution in [2.45, 2.75) is 33.6 Å². The third kappa shape index (κ3) is 4.96. The number of hydrogen-bond donors (Lipinski definition) is 1. The van der Waals surface area contributed by atoms with Crippen molar-refractivity contribution >= 4 is 5.78 Å². The van der Waals surface area contributed by atoms with Gasteiger partial charge in [0.1, 0.15) is 5.78 Å². The number of nitrogens with one attached hydrogen (secondary N) is 1. The molecular weight excluding hydrogens is 138 g/mol. The number of hydrogen-bond acceptors (Lipinski definition) is 2. The van der Waals surface area contributed by atoms with Crippen molar-refractivity contribution in [2.75, 3.05) is 13.1 Å². The van der Waals surface area contributed by atoms with Crippen LogP contribution in [-0.4, -0.2) is 18.9 Å². The second-order valence-corrected chi connectivity index (χ2v) is 2.76. The van der Waals surface area contributed by atoms with Crippen LogP contribution in [0.1, 0.15) is 35.0 Å². The highest BCUT2D eigenvalue weighted by atomic mass is 16.1. The van der Waals surface area contributed by atoms with E-state index in [2.05, 4.69) is 5.32 Å². The molecule has 1 N–H and O–H groups in total. The van der Waals surface area contributed by atoms with Crippen LogP contribution >= 0.6 is 0 Å². The van der Waals surface area contributed by atoms with E-state index in [4.69, 9.17) is 0 Å². The van der Waals surface area contributed by atoms with Crippen LogP contribution in [-0.2, 0) is 4.79 Å². The zero-order valence-corrected chi connectivity index (χ0v) is 7.81. The standard InChI is InChI=1S/C7H13NO.C2H6.H2/c1-6(9)4-7-2-3-8-5-7;1-2;/h7-8H,2-5H2,1H3;1-2H3;1H. The maximum Gasteiger partial charge on any atom is 0.130 e. The van der Waals surface area contributed by atoms with Crippen molar-refractivity contribution in [3.8, 4) is 0 Å². The van der Waals surface area contributed by atoms with Gasteiger partial charge in [0, 0.05) is 7.85 Å². The molecule has 0 saturated carbocycles. The summed E-state index contributed by atoms with van der Waals surface area (Å²) in [5, 5.41) is 3.23. The molecule has 0 radical (unpaired) electrons. The minimum Gasteiger partial charge on any atom is -0.316 e. The fourth-order valence-corrected chi connectivity index (χ4v) is 1.30. The highest BCUT2D eigenvalue weighted by Gasteiger charge is 2.15. The Balaban J connectivity index is 0. The maximum absolute atomic E-state index is 10.6. The average Bonchev–Trinajstić information content (AvgIpc) is 2.43. The lowest BCUT2D eigenvalue weighted by atomic mass is 10.0. The molecule has 0 aromatic carbocycles. The summed E-state index contributed by atoms with van der Waals surface area (Å²) in [6, 6.07) is 0. The van der Waals surface area contributed by atoms with E-state index in [0.717, 1.165) is 19.5 Å². The SMILES string of the molecule is CC.CC(=O)CC1CCNC1.[HH]. The van der Waals surface area contributed by atoms with Crippen molar-refractivity contribution in [1.29, 1.82) is 0 Å². The molecule has 1 saturated heterocycles. The molecule has 2 heteroatoms. The van der Waals surface area contributed by atoms with Crippen molar-refractivity contribution in [3.63, 3.8) is 0 Å². The van der Waals surface area contributed by atoms with E-state index in [9.17, 15) is 4.79 Å². The molecule has 0 aromatic rings. The normalized spacial score (nSPS) is 22.3. The van der Waals surface area contributed by atoms with Crippen LogP contribution in [0.5, 0.6) is 0 Å². The second-order valence-electron chi connectivity index (χ2n) is 2.76. The summed E-state index contributed by atoms with van der Waals surface area (Å²) in [4.78, 5) is 10.6. The van der Waals surface area contributed by atoms with E-state index >= 15 is 0 Å². The topological polar surface area (TPSA) is 29.1 Å². The largest absolute Gasteiger partial charge is 0.316 e. The molecule has 1 aliphatic heterocycles. The van der Waals surface area contributed by atoms with Gasteiger partial charge in [0.25, 0.3) is 0 Å². The van der Waals surface area contributed by atoms with Gasteiger partial charge in [0.2, 0.25) is 0 Å². The third-order valence-electron chi connectivity index (χ3n) is 1.74. The molecule has 0 amide bonds. The molecule has 1 heterocycles. The summed E-state index contributed by atoms with van der Waals surface area (Å²) in [7, 11) is 0. The van der Waals surface area contributed by atoms with Crippen LogP contribution in [0, 0.1) is 5.92 Å². The predicted molar refractivity (Wildman–Crippen MR) is 49.7 cm³/mol. The molecule has 68 valence electrons. The first kappa shape index (κ1) is 10.6. The molecule has 11 heavy (non-hydrogen) atoms. The van der Waals surface area contributed by atoms with Gasteiger partial charge in [-0.3, -0.25) is 0 Å². The van der Waals surface area contributed by atoms with E-state index in [0.29, 0.717) is 11.7 Å². The summed E-state index contributed by atoms with van der Waals surface area (Å²) in [6.07, 6.45) is 1.95. The minimum atomic E-state index is 0. The van der Waals surface area contributed by atoms with E-state index in [1.54, 1.807) is 6.92 Å². The molecule has 1 aliphatic rings. The number of ketones is 1. The Morgan fingerprint density at radius 3 is 2.64 bits per heavy atom. The first-order chi connectivity index (χ1) is 5.29. The molecule has 1 rings (SSSR count). The molecule has 2 nitrogen and oxygen atoms in total. The Morgan fingerprint density at radius 1 is 1.64 bits per heavy atom. The Bertz CT molecular complexity index is 111. The van der Waals surface area contributed by atoms with Crippen LogP contribution in [0.2, 0.25) is 0 Å². The van der Waals surface area contributed by atoms with Gasteiger partial charge in [0.05, 0.1) is 0 Å². The Morgan fingerprint density at radius 2 is 2.27 bits per heavy atom. The number of rotatable bonds is 2. The van der Waals surface area contributed by atoms with E-state index in [1.165, 1.54) is 6.42 Å². The highest BCUT2D eigenvalue weighted by molar-refractivity contribution is 5.75. The molecule has 1 unspecified atom stereocenters. The van der Waals surface area contributed by atoms with E-state index < -0.39 is 0 Å². The lowest BCUT2D eigenvalue weighted by Gasteiger charge is -2.01. The highest BCUT2D eigenvalue weighted by Crippen LogP contribution is 2.11. The molecule has 0 aliphatic carbocycles. The van der Waals surface area contributed by atoms with Gasteiger partial charge >= 0.3 is 0 Å². The number of carbonyl (C=O) groups is 1. The fraction of sp³-hybridized carbons (Fsp3) is 0.889. The van der Waals surface area contributed by atoms with Crippen LogP contribution in [0.4, 0.5) is 0 Å². The molecule has 0 aromatic heterocycles. The Hall–Kier alpha value is -0.370.